The van der Waals surface area contributed by atoms with Crippen LogP contribution in [0.25, 0.3) is 0 Å². The van der Waals surface area contributed by atoms with Crippen molar-refractivity contribution in [1.29, 1.82) is 0 Å². The van der Waals surface area contributed by atoms with Gasteiger partial charge in [0.2, 0.25) is 0 Å². The second kappa shape index (κ2) is 3.92. The van der Waals surface area contributed by atoms with Crippen LogP contribution in [-0.4, -0.2) is 5.97 Å². The molecule has 0 saturated carbocycles. The number of carbonyl (C=O) groups excluding carboxylic acids is 1. The number of halogens is 1. The maximum absolute atomic E-state index is 11.8. The molecule has 2 heterocycles. The molecular weight excluding hydrogens is 288 g/mol. The van der Waals surface area contributed by atoms with Gasteiger partial charge in [-0.15, -0.1) is 0 Å². The molecule has 17 heavy (non-hydrogen) atoms. The Morgan fingerprint density at radius 1 is 1.18 bits per heavy atom. The van der Waals surface area contributed by atoms with Crippen LogP contribution >= 0.6 is 15.9 Å². The number of hydrogen-bond acceptors (Lipinski definition) is 4. The van der Waals surface area contributed by atoms with Gasteiger partial charge in [0.15, 0.2) is 5.76 Å². The minimum atomic E-state index is -0.814. The first kappa shape index (κ1) is 10.4. The fourth-order valence-corrected chi connectivity index (χ4v) is 1.97. The van der Waals surface area contributed by atoms with Crippen molar-refractivity contribution in [2.45, 2.75) is 6.29 Å². The van der Waals surface area contributed by atoms with E-state index >= 15 is 0 Å². The number of benzene rings is 1. The van der Waals surface area contributed by atoms with Crippen LogP contribution in [0.3, 0.4) is 0 Å². The van der Waals surface area contributed by atoms with Crippen molar-refractivity contribution in [3.63, 3.8) is 0 Å². The van der Waals surface area contributed by atoms with E-state index in [0.29, 0.717) is 17.1 Å². The molecule has 1 aromatic carbocycles. The van der Waals surface area contributed by atoms with Gasteiger partial charge in [-0.2, -0.15) is 0 Å². The molecule has 1 unspecified atom stereocenters. The van der Waals surface area contributed by atoms with Gasteiger partial charge in [0.1, 0.15) is 11.3 Å². The summed E-state index contributed by atoms with van der Waals surface area (Å²) < 4.78 is 16.6. The first-order chi connectivity index (χ1) is 8.24. The lowest BCUT2D eigenvalue weighted by molar-refractivity contribution is -0.0731. The van der Waals surface area contributed by atoms with E-state index in [2.05, 4.69) is 15.9 Å². The average Bonchev–Trinajstić information content (AvgIpc) is 2.83. The quantitative estimate of drug-likeness (QED) is 0.757. The summed E-state index contributed by atoms with van der Waals surface area (Å²) in [6.45, 7) is 0. The maximum Gasteiger partial charge on any atom is 0.345 e. The number of ether oxygens (including phenoxy) is 2. The number of hydrogen-bond donors (Lipinski definition) is 0. The summed E-state index contributed by atoms with van der Waals surface area (Å²) in [7, 11) is 0. The van der Waals surface area contributed by atoms with Crippen molar-refractivity contribution < 1.29 is 18.7 Å². The Morgan fingerprint density at radius 3 is 2.82 bits per heavy atom. The highest BCUT2D eigenvalue weighted by molar-refractivity contribution is 9.10. The molecule has 1 aliphatic rings. The van der Waals surface area contributed by atoms with E-state index in [1.807, 2.05) is 0 Å². The van der Waals surface area contributed by atoms with Crippen LogP contribution in [0.15, 0.2) is 45.5 Å². The molecular formula is C12H7BrO4. The highest BCUT2D eigenvalue weighted by Crippen LogP contribution is 2.34. The zero-order valence-electron chi connectivity index (χ0n) is 8.55. The van der Waals surface area contributed by atoms with Crippen LogP contribution in [0, 0.1) is 0 Å². The second-order valence-electron chi connectivity index (χ2n) is 3.51. The third-order valence-electron chi connectivity index (χ3n) is 2.39. The number of esters is 1. The fraction of sp³-hybridized carbons (Fsp3) is 0.0833. The van der Waals surface area contributed by atoms with Crippen LogP contribution < -0.4 is 4.74 Å². The molecule has 0 fully saturated rings. The van der Waals surface area contributed by atoms with Crippen molar-refractivity contribution in [2.75, 3.05) is 0 Å². The molecule has 0 saturated heterocycles. The third kappa shape index (κ3) is 1.82. The first-order valence-electron chi connectivity index (χ1n) is 4.94. The molecule has 1 atom stereocenters. The largest absolute Gasteiger partial charge is 0.461 e. The predicted octanol–water partition coefficient (Wildman–Crippen LogP) is 3.29. The highest BCUT2D eigenvalue weighted by atomic mass is 79.9. The monoisotopic (exact) mass is 294 g/mol. The standard InChI is InChI=1S/C12H7BrO4/c13-7-3-4-9-8(6-7)11(14)17-12(16-9)10-2-1-5-15-10/h1-6,12H. The number of carbonyl (C=O) groups is 1. The van der Waals surface area contributed by atoms with Crippen molar-refractivity contribution in [1.82, 2.24) is 0 Å². The number of furan rings is 1. The Bertz CT molecular complexity index is 562. The summed E-state index contributed by atoms with van der Waals surface area (Å²) in [4.78, 5) is 11.8. The van der Waals surface area contributed by atoms with Gasteiger partial charge in [-0.1, -0.05) is 15.9 Å². The SMILES string of the molecule is O=C1OC(c2ccco2)Oc2ccc(Br)cc21. The highest BCUT2D eigenvalue weighted by Gasteiger charge is 2.30. The fourth-order valence-electron chi connectivity index (χ4n) is 1.61. The van der Waals surface area contributed by atoms with Crippen molar-refractivity contribution in [2.24, 2.45) is 0 Å². The van der Waals surface area contributed by atoms with Crippen LogP contribution in [0.5, 0.6) is 5.75 Å². The molecule has 0 N–H and O–H groups in total. The molecule has 0 radical (unpaired) electrons. The molecule has 86 valence electrons. The van der Waals surface area contributed by atoms with Crippen molar-refractivity contribution in [3.05, 3.63) is 52.4 Å². The van der Waals surface area contributed by atoms with E-state index in [1.54, 1.807) is 30.3 Å². The van der Waals surface area contributed by atoms with Crippen LogP contribution in [0.4, 0.5) is 0 Å². The lowest BCUT2D eigenvalue weighted by Crippen LogP contribution is -2.22. The topological polar surface area (TPSA) is 48.7 Å². The van der Waals surface area contributed by atoms with Crippen molar-refractivity contribution in [3.8, 4) is 5.75 Å². The van der Waals surface area contributed by atoms with E-state index < -0.39 is 12.3 Å². The van der Waals surface area contributed by atoms with Gasteiger partial charge in [-0.3, -0.25) is 0 Å². The molecule has 4 nitrogen and oxygen atoms in total. The summed E-state index contributed by atoms with van der Waals surface area (Å²) in [6, 6.07) is 8.59. The van der Waals surface area contributed by atoms with Crippen LogP contribution in [0.2, 0.25) is 0 Å². The first-order valence-corrected chi connectivity index (χ1v) is 5.74. The average molecular weight is 295 g/mol. The maximum atomic E-state index is 11.8. The van der Waals surface area contributed by atoms with Crippen molar-refractivity contribution >= 4 is 21.9 Å². The van der Waals surface area contributed by atoms with Gasteiger partial charge in [-0.05, 0) is 30.3 Å². The van der Waals surface area contributed by atoms with E-state index in [0.717, 1.165) is 4.47 Å². The molecule has 5 heteroatoms. The molecule has 0 spiro atoms. The second-order valence-corrected chi connectivity index (χ2v) is 4.43. The van der Waals surface area contributed by atoms with Gasteiger partial charge in [0.25, 0.3) is 0 Å². The summed E-state index contributed by atoms with van der Waals surface area (Å²) in [6.07, 6.45) is 0.690. The van der Waals surface area contributed by atoms with Gasteiger partial charge in [0, 0.05) is 4.47 Å². The Morgan fingerprint density at radius 2 is 2.06 bits per heavy atom. The summed E-state index contributed by atoms with van der Waals surface area (Å²) in [5.74, 6) is 0.534. The van der Waals surface area contributed by atoms with Crippen LogP contribution in [-0.2, 0) is 4.74 Å². The lowest BCUT2D eigenvalue weighted by Gasteiger charge is -2.24. The summed E-state index contributed by atoms with van der Waals surface area (Å²) in [5, 5.41) is 0. The predicted molar refractivity (Wildman–Crippen MR) is 61.6 cm³/mol. The number of rotatable bonds is 1. The van der Waals surface area contributed by atoms with E-state index in [1.165, 1.54) is 6.26 Å². The molecule has 3 rings (SSSR count). The van der Waals surface area contributed by atoms with Crippen LogP contribution in [0.1, 0.15) is 22.4 Å². The van der Waals surface area contributed by atoms with Gasteiger partial charge >= 0.3 is 12.3 Å². The Kier molecular flexibility index (Phi) is 2.40. The minimum Gasteiger partial charge on any atom is -0.461 e. The Labute approximate surface area is 105 Å². The third-order valence-corrected chi connectivity index (χ3v) is 2.88. The zero-order chi connectivity index (χ0) is 11.8. The van der Waals surface area contributed by atoms with E-state index in [4.69, 9.17) is 13.9 Å². The van der Waals surface area contributed by atoms with Gasteiger partial charge in [0.05, 0.1) is 6.26 Å². The minimum absolute atomic E-state index is 0.405. The molecule has 1 aromatic heterocycles. The normalized spacial score (nSPS) is 18.2. The Hall–Kier alpha value is -1.75. The molecule has 0 bridgehead atoms. The molecule has 2 aromatic rings. The lowest BCUT2D eigenvalue weighted by atomic mass is 10.2. The smallest absolute Gasteiger partial charge is 0.345 e. The molecule has 1 aliphatic heterocycles. The number of cyclic esters (lactones) is 1. The number of fused-ring (bicyclic) bond motifs is 1. The molecule has 0 aliphatic carbocycles. The van der Waals surface area contributed by atoms with Gasteiger partial charge < -0.3 is 13.9 Å². The Balaban J connectivity index is 1.99. The van der Waals surface area contributed by atoms with E-state index in [9.17, 15) is 4.79 Å². The zero-order valence-corrected chi connectivity index (χ0v) is 10.1. The summed E-state index contributed by atoms with van der Waals surface area (Å²) >= 11 is 3.29. The molecule has 0 amide bonds. The van der Waals surface area contributed by atoms with E-state index in [-0.39, 0.29) is 0 Å². The van der Waals surface area contributed by atoms with Gasteiger partial charge in [-0.25, -0.2) is 4.79 Å². The summed E-state index contributed by atoms with van der Waals surface area (Å²) in [5.41, 5.74) is 0.405.